The van der Waals surface area contributed by atoms with Crippen molar-refractivity contribution < 1.29 is 0 Å². The molecule has 50 valence electrons. The van der Waals surface area contributed by atoms with Crippen LogP contribution in [0.15, 0.2) is 37.2 Å². The number of aromatic nitrogens is 4. The van der Waals surface area contributed by atoms with Crippen LogP contribution in [0, 0.1) is 0 Å². The highest BCUT2D eigenvalue weighted by molar-refractivity contribution is 4.91. The zero-order chi connectivity index (χ0) is 6.81. The first-order chi connectivity index (χ1) is 4.97. The molecule has 0 unspecified atom stereocenters. The number of hydrogen-bond donors (Lipinski definition) is 0. The minimum Gasteiger partial charge on any atom is -0.262 e. The van der Waals surface area contributed by atoms with Crippen LogP contribution in [-0.2, 0) is 0 Å². The normalized spacial score (nSPS) is 10.0. The van der Waals surface area contributed by atoms with E-state index in [1.807, 2.05) is 29.2 Å². The molecule has 0 N–H and O–H groups in total. The Balaban J connectivity index is 2.48. The maximum Gasteiger partial charge on any atom is 0.139 e. The van der Waals surface area contributed by atoms with Gasteiger partial charge in [-0.3, -0.25) is 4.68 Å². The third-order valence-corrected chi connectivity index (χ3v) is 1.26. The van der Waals surface area contributed by atoms with Gasteiger partial charge in [-0.25, -0.2) is 4.68 Å². The van der Waals surface area contributed by atoms with Gasteiger partial charge in [0.05, 0.1) is 0 Å². The van der Waals surface area contributed by atoms with Crippen LogP contribution < -0.4 is 0 Å². The molecular weight excluding hydrogens is 128 g/mol. The Labute approximate surface area is 57.7 Å². The number of nitrogens with zero attached hydrogens (tertiary/aromatic N) is 4. The predicted molar refractivity (Wildman–Crippen MR) is 35.3 cm³/mol. The molecule has 0 aromatic carbocycles. The second-order valence-corrected chi connectivity index (χ2v) is 1.90. The highest BCUT2D eigenvalue weighted by atomic mass is 15.5. The lowest BCUT2D eigenvalue weighted by molar-refractivity contribution is 0.660. The van der Waals surface area contributed by atoms with Crippen LogP contribution in [0.1, 0.15) is 0 Å². The maximum atomic E-state index is 3.67. The Bertz CT molecular complexity index is 249. The van der Waals surface area contributed by atoms with E-state index in [9.17, 15) is 0 Å². The first-order valence-electron chi connectivity index (χ1n) is 2.95. The summed E-state index contributed by atoms with van der Waals surface area (Å²) in [5.74, 6) is 0. The Hall–Kier alpha value is -1.58. The molecule has 0 fully saturated rings. The molecule has 4 heteroatoms. The summed E-state index contributed by atoms with van der Waals surface area (Å²) in [5, 5.41) is 7.34. The van der Waals surface area contributed by atoms with Gasteiger partial charge in [0.15, 0.2) is 0 Å². The van der Waals surface area contributed by atoms with Gasteiger partial charge in [0, 0.05) is 12.4 Å². The average Bonchev–Trinajstić information content (AvgIpc) is 2.59. The Morgan fingerprint density at radius 2 is 1.40 bits per heavy atom. The molecule has 0 spiro atoms. The minimum atomic E-state index is 1.64. The smallest absolute Gasteiger partial charge is 0.139 e. The highest BCUT2D eigenvalue weighted by Gasteiger charge is 1.87. The van der Waals surface area contributed by atoms with Gasteiger partial charge >= 0.3 is 0 Å². The summed E-state index contributed by atoms with van der Waals surface area (Å²) in [5.41, 5.74) is 0. The van der Waals surface area contributed by atoms with E-state index >= 15 is 0 Å². The van der Waals surface area contributed by atoms with Gasteiger partial charge in [0.25, 0.3) is 0 Å². The van der Waals surface area contributed by atoms with Crippen molar-refractivity contribution in [1.29, 1.82) is 0 Å². The molecule has 0 aliphatic carbocycles. The SMILES string of the molecule is c1ccn(-n2cnnc2)c1. The summed E-state index contributed by atoms with van der Waals surface area (Å²) < 4.78 is 3.65. The van der Waals surface area contributed by atoms with Crippen LogP contribution in [0.5, 0.6) is 0 Å². The maximum absolute atomic E-state index is 3.67. The van der Waals surface area contributed by atoms with Gasteiger partial charge in [-0.15, -0.1) is 10.2 Å². The minimum absolute atomic E-state index is 1.64. The van der Waals surface area contributed by atoms with Crippen LogP contribution in [0.3, 0.4) is 0 Å². The summed E-state index contributed by atoms with van der Waals surface area (Å²) in [7, 11) is 0. The molecule has 0 bridgehead atoms. The molecule has 0 aliphatic heterocycles. The van der Waals surface area contributed by atoms with E-state index in [2.05, 4.69) is 10.2 Å². The van der Waals surface area contributed by atoms with Crippen molar-refractivity contribution in [3.8, 4) is 0 Å². The van der Waals surface area contributed by atoms with Crippen LogP contribution in [-0.4, -0.2) is 19.5 Å². The molecule has 2 aromatic heterocycles. The molecule has 10 heavy (non-hydrogen) atoms. The number of hydrogen-bond acceptors (Lipinski definition) is 2. The Morgan fingerprint density at radius 1 is 0.800 bits per heavy atom. The first kappa shape index (κ1) is 5.22. The predicted octanol–water partition coefficient (Wildman–Crippen LogP) is 0.391. The molecule has 2 rings (SSSR count). The van der Waals surface area contributed by atoms with E-state index in [0.29, 0.717) is 0 Å². The van der Waals surface area contributed by atoms with Crippen molar-refractivity contribution in [2.75, 3.05) is 0 Å². The van der Waals surface area contributed by atoms with E-state index < -0.39 is 0 Å². The van der Waals surface area contributed by atoms with Crippen molar-refractivity contribution in [3.63, 3.8) is 0 Å². The van der Waals surface area contributed by atoms with E-state index in [1.165, 1.54) is 0 Å². The van der Waals surface area contributed by atoms with Crippen LogP contribution >= 0.6 is 0 Å². The first-order valence-corrected chi connectivity index (χ1v) is 2.95. The van der Waals surface area contributed by atoms with E-state index in [0.717, 1.165) is 0 Å². The van der Waals surface area contributed by atoms with Crippen molar-refractivity contribution in [3.05, 3.63) is 37.2 Å². The Kier molecular flexibility index (Phi) is 1.04. The third kappa shape index (κ3) is 0.699. The molecule has 0 atom stereocenters. The van der Waals surface area contributed by atoms with Crippen LogP contribution in [0.25, 0.3) is 0 Å². The fourth-order valence-electron chi connectivity index (χ4n) is 0.794. The molecule has 0 aliphatic rings. The highest BCUT2D eigenvalue weighted by Crippen LogP contribution is 1.89. The van der Waals surface area contributed by atoms with E-state index in [4.69, 9.17) is 0 Å². The Morgan fingerprint density at radius 3 is 2.00 bits per heavy atom. The molecule has 2 aromatic rings. The van der Waals surface area contributed by atoms with Crippen LogP contribution in [0.2, 0.25) is 0 Å². The molecule has 0 amide bonds. The second kappa shape index (κ2) is 1.98. The lowest BCUT2D eigenvalue weighted by Gasteiger charge is -1.98. The summed E-state index contributed by atoms with van der Waals surface area (Å²) in [6.45, 7) is 0. The summed E-state index contributed by atoms with van der Waals surface area (Å²) >= 11 is 0. The fourth-order valence-corrected chi connectivity index (χ4v) is 0.794. The van der Waals surface area contributed by atoms with E-state index in [1.54, 1.807) is 17.3 Å². The van der Waals surface area contributed by atoms with Crippen molar-refractivity contribution >= 4 is 0 Å². The van der Waals surface area contributed by atoms with Gasteiger partial charge in [-0.2, -0.15) is 0 Å². The average molecular weight is 134 g/mol. The monoisotopic (exact) mass is 134 g/mol. The lowest BCUT2D eigenvalue weighted by Crippen LogP contribution is -2.01. The zero-order valence-corrected chi connectivity index (χ0v) is 5.25. The summed E-state index contributed by atoms with van der Waals surface area (Å²) in [6.07, 6.45) is 7.12. The standard InChI is InChI=1S/C6H6N4/c1-2-4-9(3-1)10-5-7-8-6-10/h1-6H. The van der Waals surface area contributed by atoms with Crippen molar-refractivity contribution in [2.45, 2.75) is 0 Å². The fraction of sp³-hybridized carbons (Fsp3) is 0. The zero-order valence-electron chi connectivity index (χ0n) is 5.25. The van der Waals surface area contributed by atoms with Gasteiger partial charge in [0.2, 0.25) is 0 Å². The van der Waals surface area contributed by atoms with Gasteiger partial charge < -0.3 is 0 Å². The molecule has 0 radical (unpaired) electrons. The topological polar surface area (TPSA) is 35.6 Å². The second-order valence-electron chi connectivity index (χ2n) is 1.90. The molecule has 2 heterocycles. The number of rotatable bonds is 1. The van der Waals surface area contributed by atoms with Crippen molar-refractivity contribution in [2.24, 2.45) is 0 Å². The lowest BCUT2D eigenvalue weighted by atomic mass is 10.7. The summed E-state index contributed by atoms with van der Waals surface area (Å²) in [6, 6.07) is 3.89. The third-order valence-electron chi connectivity index (χ3n) is 1.26. The molecule has 4 nitrogen and oxygen atoms in total. The largest absolute Gasteiger partial charge is 0.262 e. The van der Waals surface area contributed by atoms with Crippen LogP contribution in [0.4, 0.5) is 0 Å². The molecular formula is C6H6N4. The van der Waals surface area contributed by atoms with Crippen molar-refractivity contribution in [1.82, 2.24) is 19.5 Å². The van der Waals surface area contributed by atoms with Gasteiger partial charge in [-0.1, -0.05) is 0 Å². The van der Waals surface area contributed by atoms with E-state index in [-0.39, 0.29) is 0 Å². The van der Waals surface area contributed by atoms with Gasteiger partial charge in [-0.05, 0) is 12.1 Å². The molecule has 0 saturated carbocycles. The molecule has 0 saturated heterocycles. The van der Waals surface area contributed by atoms with Gasteiger partial charge in [0.1, 0.15) is 12.7 Å². The quantitative estimate of drug-likeness (QED) is 0.565. The summed E-state index contributed by atoms with van der Waals surface area (Å²) in [4.78, 5) is 0.